The van der Waals surface area contributed by atoms with Gasteiger partial charge in [0.25, 0.3) is 0 Å². The summed E-state index contributed by atoms with van der Waals surface area (Å²) in [5.74, 6) is -1.10. The highest BCUT2D eigenvalue weighted by atomic mass is 16.4. The van der Waals surface area contributed by atoms with Crippen molar-refractivity contribution in [3.8, 4) is 0 Å². The lowest BCUT2D eigenvalue weighted by molar-refractivity contribution is -0.155. The van der Waals surface area contributed by atoms with Gasteiger partial charge in [-0.15, -0.1) is 0 Å². The van der Waals surface area contributed by atoms with Gasteiger partial charge in [-0.1, -0.05) is 52.9 Å². The first-order valence-corrected chi connectivity index (χ1v) is 12.8. The third-order valence-electron chi connectivity index (χ3n) is 9.81. The lowest BCUT2D eigenvalue weighted by Gasteiger charge is -2.59. The summed E-state index contributed by atoms with van der Waals surface area (Å²) in [4.78, 5) is 22.6. The molecule has 5 heteroatoms. The molecular weight excluding hydrogens is 392 g/mol. The van der Waals surface area contributed by atoms with Crippen LogP contribution in [-0.2, 0) is 9.59 Å². The van der Waals surface area contributed by atoms with E-state index in [0.717, 1.165) is 25.7 Å². The van der Waals surface area contributed by atoms with E-state index in [9.17, 15) is 24.9 Å². The highest BCUT2D eigenvalue weighted by Gasteiger charge is 2.54. The van der Waals surface area contributed by atoms with E-state index in [4.69, 9.17) is 0 Å². The number of hydrogen-bond donors (Lipinski definition) is 3. The number of hydrogen-bond acceptors (Lipinski definition) is 3. The van der Waals surface area contributed by atoms with Crippen LogP contribution in [0.4, 0.5) is 0 Å². The maximum Gasteiger partial charge on any atom is 0.317 e. The largest absolute Gasteiger partial charge is 0.481 e. The zero-order valence-electron chi connectivity index (χ0n) is 19.8. The van der Waals surface area contributed by atoms with E-state index < -0.39 is 17.9 Å². The van der Waals surface area contributed by atoms with Crippen molar-refractivity contribution in [2.24, 2.45) is 46.8 Å². The average molecular weight is 437 g/mol. The van der Waals surface area contributed by atoms with Crippen LogP contribution in [0.15, 0.2) is 0 Å². The van der Waals surface area contributed by atoms with E-state index in [1.165, 1.54) is 44.9 Å². The molecule has 8 atom stereocenters. The molecule has 31 heavy (non-hydrogen) atoms. The van der Waals surface area contributed by atoms with E-state index in [1.54, 1.807) is 0 Å². The molecule has 0 bridgehead atoms. The van der Waals surface area contributed by atoms with Crippen molar-refractivity contribution in [1.82, 2.24) is 0 Å². The molecule has 0 heterocycles. The minimum atomic E-state index is -1.31. The predicted octanol–water partition coefficient (Wildman–Crippen LogP) is 5.60. The smallest absolute Gasteiger partial charge is 0.317 e. The quantitative estimate of drug-likeness (QED) is 0.409. The SMILES string of the molecule is CC[C@H](CCC1CCCC2C1[C@H](O)CC1CCCCC12C)[C@H](C)CC(C(=O)O)C(=O)O. The standard InChI is InChI=1S/C26H44O5/c1-4-17(16(2)14-20(24(28)29)25(30)31)11-12-18-8-7-10-21-23(18)22(27)15-19-9-5-6-13-26(19,21)3/h16-23,27H,4-15H2,1-3H3,(H,28,29)(H,30,31)/t16-,17-,18?,19?,21?,22-,23?,26?/m1/s1. The normalized spacial score (nSPS) is 37.5. The number of carboxylic acids is 2. The van der Waals surface area contributed by atoms with Gasteiger partial charge in [-0.25, -0.2) is 0 Å². The van der Waals surface area contributed by atoms with Gasteiger partial charge in [0, 0.05) is 0 Å². The Morgan fingerprint density at radius 3 is 2.42 bits per heavy atom. The van der Waals surface area contributed by atoms with E-state index in [-0.39, 0.29) is 18.4 Å². The summed E-state index contributed by atoms with van der Waals surface area (Å²) in [6, 6.07) is 0. The summed E-state index contributed by atoms with van der Waals surface area (Å²) in [5.41, 5.74) is 0.397. The Balaban J connectivity index is 1.64. The number of carbonyl (C=O) groups is 2. The van der Waals surface area contributed by atoms with Crippen LogP contribution in [0.1, 0.15) is 97.8 Å². The second-order valence-corrected chi connectivity index (χ2v) is 11.3. The highest BCUT2D eigenvalue weighted by Crippen LogP contribution is 2.60. The van der Waals surface area contributed by atoms with Gasteiger partial charge in [0.05, 0.1) is 6.10 Å². The van der Waals surface area contributed by atoms with Crippen LogP contribution in [0.25, 0.3) is 0 Å². The molecule has 3 saturated carbocycles. The Morgan fingerprint density at radius 1 is 1.06 bits per heavy atom. The second kappa shape index (κ2) is 10.2. The monoisotopic (exact) mass is 436 g/mol. The van der Waals surface area contributed by atoms with Gasteiger partial charge in [-0.2, -0.15) is 0 Å². The number of carboxylic acid groups (broad SMARTS) is 2. The van der Waals surface area contributed by atoms with E-state index in [2.05, 4.69) is 13.8 Å². The highest BCUT2D eigenvalue weighted by molar-refractivity contribution is 5.92. The Morgan fingerprint density at radius 2 is 1.77 bits per heavy atom. The molecule has 0 aromatic heterocycles. The summed E-state index contributed by atoms with van der Waals surface area (Å²) in [6.45, 7) is 6.65. The van der Waals surface area contributed by atoms with Gasteiger partial charge in [-0.05, 0) is 85.9 Å². The Bertz CT molecular complexity index is 619. The van der Waals surface area contributed by atoms with Gasteiger partial charge in [0.1, 0.15) is 0 Å². The topological polar surface area (TPSA) is 94.8 Å². The fraction of sp³-hybridized carbons (Fsp3) is 0.923. The third kappa shape index (κ3) is 5.12. The van der Waals surface area contributed by atoms with Crippen LogP contribution in [0, 0.1) is 46.8 Å². The second-order valence-electron chi connectivity index (χ2n) is 11.3. The molecule has 0 spiro atoms. The van der Waals surface area contributed by atoms with Crippen molar-refractivity contribution in [2.45, 2.75) is 104 Å². The minimum absolute atomic E-state index is 0.0677. The number of aliphatic carboxylic acids is 2. The molecule has 0 aliphatic heterocycles. The van der Waals surface area contributed by atoms with Crippen molar-refractivity contribution >= 4 is 11.9 Å². The molecular formula is C26H44O5. The van der Waals surface area contributed by atoms with Crippen molar-refractivity contribution < 1.29 is 24.9 Å². The molecule has 0 aromatic carbocycles. The first-order chi connectivity index (χ1) is 14.7. The maximum absolute atomic E-state index is 11.3. The first-order valence-electron chi connectivity index (χ1n) is 12.8. The molecule has 3 N–H and O–H groups in total. The minimum Gasteiger partial charge on any atom is -0.481 e. The molecule has 3 fully saturated rings. The first kappa shape index (κ1) is 24.5. The van der Waals surface area contributed by atoms with Crippen molar-refractivity contribution in [2.75, 3.05) is 0 Å². The van der Waals surface area contributed by atoms with Crippen LogP contribution >= 0.6 is 0 Å². The van der Waals surface area contributed by atoms with Crippen LogP contribution in [0.5, 0.6) is 0 Å². The van der Waals surface area contributed by atoms with E-state index in [1.807, 2.05) is 6.92 Å². The molecule has 0 radical (unpaired) electrons. The summed E-state index contributed by atoms with van der Waals surface area (Å²) in [5, 5.41) is 29.7. The summed E-state index contributed by atoms with van der Waals surface area (Å²) in [6.07, 6.45) is 13.0. The number of fused-ring (bicyclic) bond motifs is 3. The van der Waals surface area contributed by atoms with Crippen LogP contribution in [0.2, 0.25) is 0 Å². The Labute approximate surface area is 188 Å². The van der Waals surface area contributed by atoms with Crippen LogP contribution < -0.4 is 0 Å². The molecule has 0 aromatic rings. The van der Waals surface area contributed by atoms with Gasteiger partial charge in [-0.3, -0.25) is 9.59 Å². The average Bonchev–Trinajstić information content (AvgIpc) is 2.72. The molecule has 0 amide bonds. The molecule has 3 aliphatic carbocycles. The Kier molecular flexibility index (Phi) is 8.10. The van der Waals surface area contributed by atoms with Crippen LogP contribution in [-0.4, -0.2) is 33.4 Å². The third-order valence-corrected chi connectivity index (χ3v) is 9.81. The fourth-order valence-corrected chi connectivity index (χ4v) is 7.95. The summed E-state index contributed by atoms with van der Waals surface area (Å²) >= 11 is 0. The molecule has 5 nitrogen and oxygen atoms in total. The molecule has 3 rings (SSSR count). The van der Waals surface area contributed by atoms with Crippen molar-refractivity contribution in [1.29, 1.82) is 0 Å². The lowest BCUT2D eigenvalue weighted by Crippen LogP contribution is -2.54. The van der Waals surface area contributed by atoms with Gasteiger partial charge >= 0.3 is 11.9 Å². The number of aliphatic hydroxyl groups is 1. The Hall–Kier alpha value is -1.10. The molecule has 5 unspecified atom stereocenters. The zero-order valence-corrected chi connectivity index (χ0v) is 19.8. The van der Waals surface area contributed by atoms with E-state index in [0.29, 0.717) is 35.0 Å². The maximum atomic E-state index is 11.3. The van der Waals surface area contributed by atoms with E-state index >= 15 is 0 Å². The molecule has 0 saturated heterocycles. The molecule has 3 aliphatic rings. The molecule has 178 valence electrons. The van der Waals surface area contributed by atoms with Gasteiger partial charge in [0.2, 0.25) is 0 Å². The van der Waals surface area contributed by atoms with Gasteiger partial charge < -0.3 is 15.3 Å². The lowest BCUT2D eigenvalue weighted by atomic mass is 9.47. The number of aliphatic hydroxyl groups excluding tert-OH is 1. The predicted molar refractivity (Wildman–Crippen MR) is 121 cm³/mol. The summed E-state index contributed by atoms with van der Waals surface area (Å²) < 4.78 is 0. The summed E-state index contributed by atoms with van der Waals surface area (Å²) in [7, 11) is 0. The number of rotatable bonds is 9. The van der Waals surface area contributed by atoms with Crippen molar-refractivity contribution in [3.63, 3.8) is 0 Å². The zero-order chi connectivity index (χ0) is 22.8. The van der Waals surface area contributed by atoms with Crippen LogP contribution in [0.3, 0.4) is 0 Å². The van der Waals surface area contributed by atoms with Crippen molar-refractivity contribution in [3.05, 3.63) is 0 Å². The van der Waals surface area contributed by atoms with Gasteiger partial charge in [0.15, 0.2) is 5.92 Å². The fourth-order valence-electron chi connectivity index (χ4n) is 7.95.